The lowest BCUT2D eigenvalue weighted by Gasteiger charge is -2.23. The zero-order valence-corrected chi connectivity index (χ0v) is 16.9. The second kappa shape index (κ2) is 8.21. The number of piperidine rings is 1. The summed E-state index contributed by atoms with van der Waals surface area (Å²) in [5, 5.41) is 8.00. The zero-order valence-electron chi connectivity index (χ0n) is 16.9. The summed E-state index contributed by atoms with van der Waals surface area (Å²) in [4.78, 5) is 30.5. The molecule has 0 unspecified atom stereocenters. The van der Waals surface area contributed by atoms with Gasteiger partial charge in [-0.3, -0.25) is 9.59 Å². The van der Waals surface area contributed by atoms with Crippen LogP contribution in [0.1, 0.15) is 53.0 Å². The maximum atomic E-state index is 13.4. The number of benzene rings is 1. The highest BCUT2D eigenvalue weighted by Gasteiger charge is 2.26. The van der Waals surface area contributed by atoms with Crippen molar-refractivity contribution >= 4 is 11.6 Å². The van der Waals surface area contributed by atoms with Crippen LogP contribution in [0.5, 0.6) is 0 Å². The minimum absolute atomic E-state index is 0.109. The van der Waals surface area contributed by atoms with Crippen LogP contribution < -0.4 is 10.9 Å². The van der Waals surface area contributed by atoms with Crippen molar-refractivity contribution in [3.8, 4) is 0 Å². The van der Waals surface area contributed by atoms with E-state index < -0.39 is 0 Å². The molecule has 1 aromatic carbocycles. The molecular formula is C22H27N5O2. The fourth-order valence-electron chi connectivity index (χ4n) is 4.13. The van der Waals surface area contributed by atoms with Crippen molar-refractivity contribution < 1.29 is 4.79 Å². The van der Waals surface area contributed by atoms with Gasteiger partial charge >= 0.3 is 0 Å². The van der Waals surface area contributed by atoms with Gasteiger partial charge in [0, 0.05) is 25.1 Å². The Morgan fingerprint density at radius 1 is 1.24 bits per heavy atom. The first-order valence-corrected chi connectivity index (χ1v) is 10.2. The number of nitrogens with one attached hydrogen (secondary N) is 2. The van der Waals surface area contributed by atoms with Crippen molar-refractivity contribution in [1.29, 1.82) is 0 Å². The Morgan fingerprint density at radius 3 is 2.66 bits per heavy atom. The predicted octanol–water partition coefficient (Wildman–Crippen LogP) is 2.46. The molecule has 0 radical (unpaired) electrons. The van der Waals surface area contributed by atoms with E-state index in [0.717, 1.165) is 37.2 Å². The Kier molecular flexibility index (Phi) is 5.49. The number of aromatic amines is 1. The van der Waals surface area contributed by atoms with E-state index in [1.54, 1.807) is 15.5 Å². The van der Waals surface area contributed by atoms with E-state index in [2.05, 4.69) is 15.4 Å². The highest BCUT2D eigenvalue weighted by atomic mass is 16.2. The highest BCUT2D eigenvalue weighted by Crippen LogP contribution is 2.26. The number of hydrogen-bond acceptors (Lipinski definition) is 4. The predicted molar refractivity (Wildman–Crippen MR) is 112 cm³/mol. The van der Waals surface area contributed by atoms with Gasteiger partial charge in [-0.25, -0.2) is 4.52 Å². The summed E-state index contributed by atoms with van der Waals surface area (Å²) in [5.74, 6) is 0.150. The van der Waals surface area contributed by atoms with E-state index in [4.69, 9.17) is 0 Å². The Labute approximate surface area is 169 Å². The number of carbonyl (C=O) groups excluding carboxylic acids is 1. The maximum Gasteiger partial charge on any atom is 0.259 e. The number of rotatable bonds is 5. The van der Waals surface area contributed by atoms with Gasteiger partial charge in [0.15, 0.2) is 0 Å². The Balaban J connectivity index is 1.75. The Morgan fingerprint density at radius 2 is 1.97 bits per heavy atom. The molecule has 0 spiro atoms. The molecule has 3 heterocycles. The van der Waals surface area contributed by atoms with Crippen LogP contribution in [-0.4, -0.2) is 45.0 Å². The topological polar surface area (TPSA) is 82.5 Å². The second-order valence-corrected chi connectivity index (χ2v) is 7.61. The SMILES string of the molecule is CCN(Cc1ccccc1)C(=O)c1c(C)nn2c(C3CCNCC3)cc(=O)[nH]c12. The Hall–Kier alpha value is -2.93. The number of fused-ring (bicyclic) bond motifs is 1. The molecule has 29 heavy (non-hydrogen) atoms. The fraction of sp³-hybridized carbons (Fsp3) is 0.409. The first-order chi connectivity index (χ1) is 14.1. The Bertz CT molecular complexity index is 1060. The molecule has 1 saturated heterocycles. The van der Waals surface area contributed by atoms with Gasteiger partial charge in [-0.15, -0.1) is 0 Å². The van der Waals surface area contributed by atoms with Crippen LogP contribution in [0.2, 0.25) is 0 Å². The molecule has 1 fully saturated rings. The van der Waals surface area contributed by atoms with E-state index in [1.165, 1.54) is 0 Å². The summed E-state index contributed by atoms with van der Waals surface area (Å²) < 4.78 is 1.77. The molecule has 3 aromatic rings. The molecule has 1 aliphatic heterocycles. The molecule has 0 bridgehead atoms. The van der Waals surface area contributed by atoms with E-state index in [1.807, 2.05) is 44.2 Å². The van der Waals surface area contributed by atoms with Crippen LogP contribution in [0.3, 0.4) is 0 Å². The van der Waals surface area contributed by atoms with Gasteiger partial charge in [0.1, 0.15) is 11.2 Å². The molecule has 1 aliphatic rings. The summed E-state index contributed by atoms with van der Waals surface area (Å²) in [5.41, 5.74) is 3.39. The fourth-order valence-corrected chi connectivity index (χ4v) is 4.13. The monoisotopic (exact) mass is 393 g/mol. The van der Waals surface area contributed by atoms with Gasteiger partial charge in [0.25, 0.3) is 11.5 Å². The number of amides is 1. The number of aromatic nitrogens is 3. The molecule has 7 nitrogen and oxygen atoms in total. The average Bonchev–Trinajstić information content (AvgIpc) is 3.07. The third kappa shape index (κ3) is 3.82. The van der Waals surface area contributed by atoms with Crippen molar-refractivity contribution in [2.24, 2.45) is 0 Å². The summed E-state index contributed by atoms with van der Waals surface area (Å²) >= 11 is 0. The largest absolute Gasteiger partial charge is 0.334 e. The summed E-state index contributed by atoms with van der Waals surface area (Å²) in [7, 11) is 0. The number of aryl methyl sites for hydroxylation is 1. The van der Waals surface area contributed by atoms with Crippen molar-refractivity contribution in [2.45, 2.75) is 39.2 Å². The second-order valence-electron chi connectivity index (χ2n) is 7.61. The lowest BCUT2D eigenvalue weighted by molar-refractivity contribution is 0.0753. The van der Waals surface area contributed by atoms with E-state index in [-0.39, 0.29) is 17.4 Å². The molecule has 7 heteroatoms. The van der Waals surface area contributed by atoms with Gasteiger partial charge in [-0.05, 0) is 45.3 Å². The van der Waals surface area contributed by atoms with Crippen molar-refractivity contribution in [2.75, 3.05) is 19.6 Å². The lowest BCUT2D eigenvalue weighted by atomic mass is 9.94. The smallest absolute Gasteiger partial charge is 0.259 e. The number of carbonyl (C=O) groups is 1. The number of nitrogens with zero attached hydrogens (tertiary/aromatic N) is 3. The van der Waals surface area contributed by atoms with E-state index in [0.29, 0.717) is 30.0 Å². The molecule has 1 amide bonds. The third-order valence-corrected chi connectivity index (χ3v) is 5.68. The quantitative estimate of drug-likeness (QED) is 0.698. The van der Waals surface area contributed by atoms with Crippen molar-refractivity contribution in [3.05, 3.63) is 69.3 Å². The summed E-state index contributed by atoms with van der Waals surface area (Å²) in [6, 6.07) is 11.6. The molecular weight excluding hydrogens is 366 g/mol. The van der Waals surface area contributed by atoms with E-state index >= 15 is 0 Å². The lowest BCUT2D eigenvalue weighted by Crippen LogP contribution is -2.31. The maximum absolute atomic E-state index is 13.4. The van der Waals surface area contributed by atoms with Crippen LogP contribution in [0.25, 0.3) is 5.65 Å². The van der Waals surface area contributed by atoms with Gasteiger partial charge in [0.2, 0.25) is 0 Å². The normalized spacial score (nSPS) is 15.0. The molecule has 0 aliphatic carbocycles. The van der Waals surface area contributed by atoms with Crippen molar-refractivity contribution in [1.82, 2.24) is 24.8 Å². The molecule has 2 aromatic heterocycles. The minimum Gasteiger partial charge on any atom is -0.334 e. The molecule has 4 rings (SSSR count). The van der Waals surface area contributed by atoms with Crippen LogP contribution in [0, 0.1) is 6.92 Å². The van der Waals surface area contributed by atoms with E-state index in [9.17, 15) is 9.59 Å². The van der Waals surface area contributed by atoms with Gasteiger partial charge in [-0.2, -0.15) is 5.10 Å². The minimum atomic E-state index is -0.189. The molecule has 0 saturated carbocycles. The molecule has 2 N–H and O–H groups in total. The number of hydrogen-bond donors (Lipinski definition) is 2. The number of H-pyrrole nitrogens is 1. The zero-order chi connectivity index (χ0) is 20.4. The molecule has 152 valence electrons. The van der Waals surface area contributed by atoms with Crippen LogP contribution in [0.4, 0.5) is 0 Å². The van der Waals surface area contributed by atoms with Gasteiger partial charge in [-0.1, -0.05) is 30.3 Å². The summed E-state index contributed by atoms with van der Waals surface area (Å²) in [6.07, 6.45) is 1.91. The van der Waals surface area contributed by atoms with Gasteiger partial charge in [0.05, 0.1) is 11.4 Å². The van der Waals surface area contributed by atoms with Crippen LogP contribution in [0.15, 0.2) is 41.2 Å². The first kappa shape index (κ1) is 19.4. The van der Waals surface area contributed by atoms with Crippen LogP contribution in [-0.2, 0) is 6.54 Å². The summed E-state index contributed by atoms with van der Waals surface area (Å²) in [6.45, 7) is 6.73. The third-order valence-electron chi connectivity index (χ3n) is 5.68. The highest BCUT2D eigenvalue weighted by molar-refractivity contribution is 6.01. The van der Waals surface area contributed by atoms with Gasteiger partial charge < -0.3 is 15.2 Å². The molecule has 0 atom stereocenters. The average molecular weight is 393 g/mol. The van der Waals surface area contributed by atoms with Crippen molar-refractivity contribution in [3.63, 3.8) is 0 Å². The van der Waals surface area contributed by atoms with Crippen LogP contribution >= 0.6 is 0 Å². The standard InChI is InChI=1S/C22H27N5O2/c1-3-26(14-16-7-5-4-6-8-16)22(29)20-15(2)25-27-18(13-19(28)24-21(20)27)17-9-11-23-12-10-17/h4-8,13,17,23H,3,9-12,14H2,1-2H3,(H,24,28). The first-order valence-electron chi connectivity index (χ1n) is 10.2.